The van der Waals surface area contributed by atoms with Crippen LogP contribution in [0.5, 0.6) is 0 Å². The molecule has 0 saturated carbocycles. The van der Waals surface area contributed by atoms with Crippen molar-refractivity contribution in [3.8, 4) is 0 Å². The van der Waals surface area contributed by atoms with Crippen molar-refractivity contribution >= 4 is 35.1 Å². The fraction of sp³-hybridized carbons (Fsp3) is 0.368. The Morgan fingerprint density at radius 3 is 2.73 bits per heavy atom. The van der Waals surface area contributed by atoms with Crippen LogP contribution in [0.3, 0.4) is 0 Å². The summed E-state index contributed by atoms with van der Waals surface area (Å²) in [6.45, 7) is 4.33. The molecule has 0 radical (unpaired) electrons. The average molecular weight is 392 g/mol. The monoisotopic (exact) mass is 391 g/mol. The van der Waals surface area contributed by atoms with E-state index in [0.29, 0.717) is 22.9 Å². The number of thioether (sulfide) groups is 1. The smallest absolute Gasteiger partial charge is 0.252 e. The minimum Gasteiger partial charge on any atom is -0.358 e. The number of halogens is 1. The lowest BCUT2D eigenvalue weighted by Gasteiger charge is -2.39. The third kappa shape index (κ3) is 4.14. The van der Waals surface area contributed by atoms with E-state index in [-0.39, 0.29) is 17.7 Å². The molecule has 1 amide bonds. The van der Waals surface area contributed by atoms with Gasteiger partial charge >= 0.3 is 0 Å². The fourth-order valence-electron chi connectivity index (χ4n) is 2.99. The summed E-state index contributed by atoms with van der Waals surface area (Å²) in [5, 5.41) is 3.56. The van der Waals surface area contributed by atoms with Gasteiger partial charge in [-0.3, -0.25) is 9.59 Å². The van der Waals surface area contributed by atoms with E-state index in [1.54, 1.807) is 18.0 Å². The van der Waals surface area contributed by atoms with Crippen molar-refractivity contribution in [2.45, 2.75) is 38.5 Å². The van der Waals surface area contributed by atoms with Gasteiger partial charge in [-0.1, -0.05) is 23.7 Å². The molecule has 26 heavy (non-hydrogen) atoms. The quantitative estimate of drug-likeness (QED) is 0.824. The van der Waals surface area contributed by atoms with Crippen molar-refractivity contribution < 1.29 is 9.59 Å². The highest BCUT2D eigenvalue weighted by Crippen LogP contribution is 2.35. The number of amides is 1. The molecule has 1 aromatic carbocycles. The van der Waals surface area contributed by atoms with Gasteiger partial charge in [-0.15, -0.1) is 11.8 Å². The van der Waals surface area contributed by atoms with Gasteiger partial charge in [-0.25, -0.2) is 0 Å². The van der Waals surface area contributed by atoms with Crippen molar-refractivity contribution in [2.24, 2.45) is 5.73 Å². The zero-order valence-corrected chi connectivity index (χ0v) is 16.3. The minimum atomic E-state index is -0.491. The molecule has 0 spiro atoms. The molecule has 2 heterocycles. The Morgan fingerprint density at radius 1 is 1.38 bits per heavy atom. The summed E-state index contributed by atoms with van der Waals surface area (Å²) in [5.74, 6) is 0.383. The Morgan fingerprint density at radius 2 is 2.08 bits per heavy atom. The Bertz CT molecular complexity index is 773. The molecule has 1 fully saturated rings. The summed E-state index contributed by atoms with van der Waals surface area (Å²) < 4.78 is 0. The van der Waals surface area contributed by atoms with Gasteiger partial charge in [-0.2, -0.15) is 0 Å². The molecule has 2 aliphatic rings. The van der Waals surface area contributed by atoms with Gasteiger partial charge in [0.25, 0.3) is 5.91 Å². The topological polar surface area (TPSA) is 75.4 Å². The maximum Gasteiger partial charge on any atom is 0.252 e. The molecule has 3 N–H and O–H groups in total. The molecule has 1 unspecified atom stereocenters. The van der Waals surface area contributed by atoms with Gasteiger partial charge in [0, 0.05) is 34.5 Å². The fourth-order valence-corrected chi connectivity index (χ4v) is 4.27. The van der Waals surface area contributed by atoms with E-state index >= 15 is 0 Å². The van der Waals surface area contributed by atoms with E-state index < -0.39 is 12.1 Å². The van der Waals surface area contributed by atoms with Crippen molar-refractivity contribution in [1.29, 1.82) is 0 Å². The maximum absolute atomic E-state index is 12.7. The first-order valence-corrected chi connectivity index (χ1v) is 9.88. The summed E-state index contributed by atoms with van der Waals surface area (Å²) >= 11 is 7.51. The summed E-state index contributed by atoms with van der Waals surface area (Å²) in [7, 11) is 0. The predicted octanol–water partition coefficient (Wildman–Crippen LogP) is 2.46. The number of Topliss-reactive ketones (excluding diaryl/α,β-unsaturated/α-hetero) is 1. The van der Waals surface area contributed by atoms with Crippen LogP contribution in [0, 0.1) is 0 Å². The molecule has 138 valence electrons. The highest BCUT2D eigenvalue weighted by molar-refractivity contribution is 8.03. The van der Waals surface area contributed by atoms with Crippen LogP contribution in [0.2, 0.25) is 5.02 Å². The lowest BCUT2D eigenvalue weighted by atomic mass is 9.98. The van der Waals surface area contributed by atoms with Gasteiger partial charge in [0.1, 0.15) is 6.04 Å². The number of hydrogen-bond acceptors (Lipinski definition) is 5. The van der Waals surface area contributed by atoms with Crippen molar-refractivity contribution in [3.05, 3.63) is 57.6 Å². The number of nitrogens with two attached hydrogens (primary N) is 1. The van der Waals surface area contributed by atoms with E-state index in [1.807, 2.05) is 49.1 Å². The van der Waals surface area contributed by atoms with Gasteiger partial charge in [-0.05, 0) is 37.6 Å². The zero-order valence-electron chi connectivity index (χ0n) is 14.7. The van der Waals surface area contributed by atoms with E-state index in [2.05, 4.69) is 5.32 Å². The number of benzene rings is 1. The molecule has 1 aromatic rings. The molecule has 1 saturated heterocycles. The van der Waals surface area contributed by atoms with Gasteiger partial charge in [0.15, 0.2) is 5.78 Å². The summed E-state index contributed by atoms with van der Waals surface area (Å²) in [5.41, 5.74) is 7.54. The van der Waals surface area contributed by atoms with E-state index in [1.165, 1.54) is 0 Å². The highest BCUT2D eigenvalue weighted by Gasteiger charge is 2.39. The van der Waals surface area contributed by atoms with Crippen LogP contribution in [0.4, 0.5) is 0 Å². The Labute approximate surface area is 162 Å². The van der Waals surface area contributed by atoms with Crippen LogP contribution in [0.1, 0.15) is 19.4 Å². The van der Waals surface area contributed by atoms with Crippen molar-refractivity contribution in [3.63, 3.8) is 0 Å². The summed E-state index contributed by atoms with van der Waals surface area (Å²) in [6.07, 6.45) is 3.58. The Kier molecular flexibility index (Phi) is 5.75. The number of carbonyl (C=O) groups excluding carboxylic acids is 2. The minimum absolute atomic E-state index is 0.0106. The van der Waals surface area contributed by atoms with Crippen molar-refractivity contribution in [2.75, 3.05) is 5.75 Å². The van der Waals surface area contributed by atoms with Gasteiger partial charge in [0.05, 0.1) is 11.6 Å². The molecule has 7 heteroatoms. The molecule has 5 nitrogen and oxygen atoms in total. The van der Waals surface area contributed by atoms with Crippen LogP contribution < -0.4 is 11.1 Å². The number of hydrogen-bond donors (Lipinski definition) is 2. The predicted molar refractivity (Wildman–Crippen MR) is 106 cm³/mol. The zero-order chi connectivity index (χ0) is 18.8. The largest absolute Gasteiger partial charge is 0.358 e. The third-order valence-electron chi connectivity index (χ3n) is 4.23. The molecular weight excluding hydrogens is 370 g/mol. The van der Waals surface area contributed by atoms with Crippen LogP contribution in [-0.4, -0.2) is 40.5 Å². The summed E-state index contributed by atoms with van der Waals surface area (Å²) in [4.78, 5) is 28.0. The number of rotatable bonds is 4. The Hall–Kier alpha value is -1.76. The standard InChI is InChI=1S/C19H22ClN3O2S/c1-11(2)22-19(25)13-7-16-17(18(24)15(21)10-26-16)23(9-13)8-12-3-5-14(20)6-4-12/h3-7,9,11,15,17H,8,10,21H2,1-2H3,(H,22,25)/t15-,17?/m0/s1. The molecule has 0 aromatic heterocycles. The summed E-state index contributed by atoms with van der Waals surface area (Å²) in [6, 6.07) is 6.58. The van der Waals surface area contributed by atoms with E-state index in [0.717, 1.165) is 10.5 Å². The van der Waals surface area contributed by atoms with Crippen LogP contribution in [-0.2, 0) is 16.1 Å². The molecule has 0 aliphatic carbocycles. The number of nitrogens with zero attached hydrogens (tertiary/aromatic N) is 1. The van der Waals surface area contributed by atoms with Crippen LogP contribution in [0.15, 0.2) is 47.0 Å². The molecule has 2 aliphatic heterocycles. The lowest BCUT2D eigenvalue weighted by Crippen LogP contribution is -2.52. The first-order valence-electron chi connectivity index (χ1n) is 8.51. The number of ketones is 1. The highest BCUT2D eigenvalue weighted by atomic mass is 35.5. The van der Waals surface area contributed by atoms with Gasteiger partial charge < -0.3 is 16.0 Å². The van der Waals surface area contributed by atoms with Crippen molar-refractivity contribution in [1.82, 2.24) is 10.2 Å². The van der Waals surface area contributed by atoms with Gasteiger partial charge in [0.2, 0.25) is 0 Å². The van der Waals surface area contributed by atoms with Crippen LogP contribution >= 0.6 is 23.4 Å². The number of fused-ring (bicyclic) bond motifs is 1. The first kappa shape index (κ1) is 19.0. The SMILES string of the molecule is CC(C)NC(=O)C1=CN(Cc2ccc(Cl)cc2)C2C(=O)[C@@H](N)CSC2=C1. The first-order chi connectivity index (χ1) is 12.3. The van der Waals surface area contributed by atoms with E-state index in [9.17, 15) is 9.59 Å². The van der Waals surface area contributed by atoms with E-state index in [4.69, 9.17) is 17.3 Å². The number of carbonyl (C=O) groups is 2. The molecule has 2 atom stereocenters. The molecular formula is C19H22ClN3O2S. The molecule has 0 bridgehead atoms. The second kappa shape index (κ2) is 7.86. The number of nitrogens with one attached hydrogen (secondary N) is 1. The van der Waals surface area contributed by atoms with Crippen LogP contribution in [0.25, 0.3) is 0 Å². The third-order valence-corrected chi connectivity index (χ3v) is 5.68. The second-order valence-corrected chi connectivity index (χ2v) is 8.31. The average Bonchev–Trinajstić information content (AvgIpc) is 2.59. The Balaban J connectivity index is 1.92. The normalized spacial score (nSPS) is 22.7. The second-order valence-electron chi connectivity index (χ2n) is 6.78. The maximum atomic E-state index is 12.7. The lowest BCUT2D eigenvalue weighted by molar-refractivity contribution is -0.123. The molecule has 3 rings (SSSR count).